The Balaban J connectivity index is 2.18. The summed E-state index contributed by atoms with van der Waals surface area (Å²) < 4.78 is 25.3. The van der Waals surface area contributed by atoms with Gasteiger partial charge in [-0.3, -0.25) is 4.72 Å². The molecular formula is C7H10N4O2S. The lowest BCUT2D eigenvalue weighted by Crippen LogP contribution is -2.18. The number of nitrogens with zero attached hydrogens (tertiary/aromatic N) is 2. The van der Waals surface area contributed by atoms with E-state index in [0.717, 1.165) is 12.8 Å². The summed E-state index contributed by atoms with van der Waals surface area (Å²) in [6.07, 6.45) is 2.66. The van der Waals surface area contributed by atoms with Crippen molar-refractivity contribution in [3.63, 3.8) is 0 Å². The van der Waals surface area contributed by atoms with Crippen LogP contribution in [0.3, 0.4) is 0 Å². The minimum atomic E-state index is -3.25. The Morgan fingerprint density at radius 2 is 2.14 bits per heavy atom. The van der Waals surface area contributed by atoms with E-state index in [4.69, 9.17) is 5.73 Å². The van der Waals surface area contributed by atoms with Gasteiger partial charge in [-0.1, -0.05) is 0 Å². The van der Waals surface area contributed by atoms with Crippen LogP contribution < -0.4 is 10.5 Å². The molecule has 0 aromatic carbocycles. The van der Waals surface area contributed by atoms with Crippen molar-refractivity contribution in [3.05, 3.63) is 12.4 Å². The largest absolute Gasteiger partial charge is 0.384 e. The highest BCUT2D eigenvalue weighted by Gasteiger charge is 2.35. The smallest absolute Gasteiger partial charge is 0.236 e. The van der Waals surface area contributed by atoms with E-state index in [9.17, 15) is 8.42 Å². The normalized spacial score (nSPS) is 16.6. The molecule has 6 nitrogen and oxygen atoms in total. The fourth-order valence-electron chi connectivity index (χ4n) is 1.04. The van der Waals surface area contributed by atoms with E-state index >= 15 is 0 Å². The Morgan fingerprint density at radius 3 is 2.71 bits per heavy atom. The summed E-state index contributed by atoms with van der Waals surface area (Å²) in [5, 5.41) is -0.265. The average molecular weight is 214 g/mol. The molecule has 0 bridgehead atoms. The van der Waals surface area contributed by atoms with Gasteiger partial charge < -0.3 is 5.73 Å². The molecule has 0 amide bonds. The molecule has 0 unspecified atom stereocenters. The third-order valence-corrected chi connectivity index (χ3v) is 3.74. The molecule has 1 aromatic rings. The van der Waals surface area contributed by atoms with Gasteiger partial charge >= 0.3 is 0 Å². The molecular weight excluding hydrogens is 204 g/mol. The summed E-state index contributed by atoms with van der Waals surface area (Å²) in [5.74, 6) is 0.470. The van der Waals surface area contributed by atoms with E-state index < -0.39 is 10.0 Å². The van der Waals surface area contributed by atoms with E-state index in [2.05, 4.69) is 14.7 Å². The van der Waals surface area contributed by atoms with Crippen LogP contribution in [-0.2, 0) is 10.0 Å². The highest BCUT2D eigenvalue weighted by molar-refractivity contribution is 7.93. The molecule has 76 valence electrons. The van der Waals surface area contributed by atoms with Crippen molar-refractivity contribution >= 4 is 21.7 Å². The van der Waals surface area contributed by atoms with Crippen molar-refractivity contribution in [2.45, 2.75) is 18.1 Å². The third kappa shape index (κ3) is 1.92. The zero-order valence-corrected chi connectivity index (χ0v) is 8.16. The first-order valence-corrected chi connectivity index (χ1v) is 5.72. The first kappa shape index (κ1) is 9.20. The number of rotatable bonds is 3. The molecule has 3 N–H and O–H groups in total. The SMILES string of the molecule is Nc1cc(NS(=O)(=O)C2CC2)ncn1. The highest BCUT2D eigenvalue weighted by Crippen LogP contribution is 2.29. The van der Waals surface area contributed by atoms with Crippen LogP contribution in [-0.4, -0.2) is 23.6 Å². The van der Waals surface area contributed by atoms with E-state index in [1.807, 2.05) is 0 Å². The zero-order valence-electron chi connectivity index (χ0n) is 7.34. The lowest BCUT2D eigenvalue weighted by molar-refractivity contribution is 0.600. The summed E-state index contributed by atoms with van der Waals surface area (Å²) in [5.41, 5.74) is 5.38. The number of nitrogens with two attached hydrogens (primary N) is 1. The second-order valence-electron chi connectivity index (χ2n) is 3.17. The van der Waals surface area contributed by atoms with Crippen molar-refractivity contribution in [1.82, 2.24) is 9.97 Å². The Morgan fingerprint density at radius 1 is 1.43 bits per heavy atom. The molecule has 1 heterocycles. The molecule has 0 radical (unpaired) electrons. The molecule has 0 aliphatic heterocycles. The molecule has 14 heavy (non-hydrogen) atoms. The molecule has 0 spiro atoms. The maximum Gasteiger partial charge on any atom is 0.236 e. The van der Waals surface area contributed by atoms with E-state index in [0.29, 0.717) is 0 Å². The number of aromatic nitrogens is 2. The highest BCUT2D eigenvalue weighted by atomic mass is 32.2. The fourth-order valence-corrected chi connectivity index (χ4v) is 2.36. The van der Waals surface area contributed by atoms with Crippen molar-refractivity contribution in [3.8, 4) is 0 Å². The molecule has 7 heteroatoms. The van der Waals surface area contributed by atoms with Crippen molar-refractivity contribution < 1.29 is 8.42 Å². The Hall–Kier alpha value is -1.37. The number of hydrogen-bond donors (Lipinski definition) is 2. The van der Waals surface area contributed by atoms with Crippen LogP contribution in [0.4, 0.5) is 11.6 Å². The first-order chi connectivity index (χ1) is 6.58. The lowest BCUT2D eigenvalue weighted by Gasteiger charge is -2.05. The lowest BCUT2D eigenvalue weighted by atomic mass is 10.5. The summed E-state index contributed by atoms with van der Waals surface area (Å²) in [7, 11) is -3.25. The van der Waals surface area contributed by atoms with Crippen molar-refractivity contribution in [2.24, 2.45) is 0 Å². The number of nitrogens with one attached hydrogen (secondary N) is 1. The number of sulfonamides is 1. The predicted molar refractivity (Wildman–Crippen MR) is 52.0 cm³/mol. The van der Waals surface area contributed by atoms with E-state index in [1.54, 1.807) is 0 Å². The van der Waals surface area contributed by atoms with E-state index in [-0.39, 0.29) is 16.9 Å². The van der Waals surface area contributed by atoms with Crippen LogP contribution in [0.25, 0.3) is 0 Å². The maximum atomic E-state index is 11.5. The van der Waals surface area contributed by atoms with Gasteiger partial charge in [0.2, 0.25) is 10.0 Å². The second kappa shape index (κ2) is 3.09. The molecule has 1 aliphatic carbocycles. The van der Waals surface area contributed by atoms with Gasteiger partial charge in [-0.15, -0.1) is 0 Å². The second-order valence-corrected chi connectivity index (χ2v) is 5.14. The summed E-state index contributed by atoms with van der Waals surface area (Å²) in [4.78, 5) is 7.42. The molecule has 1 fully saturated rings. The van der Waals surface area contributed by atoms with Gasteiger partial charge in [0, 0.05) is 6.07 Å². The third-order valence-electron chi connectivity index (χ3n) is 1.90. The van der Waals surface area contributed by atoms with Crippen LogP contribution in [0.15, 0.2) is 12.4 Å². The van der Waals surface area contributed by atoms with Crippen LogP contribution >= 0.6 is 0 Å². The van der Waals surface area contributed by atoms with Gasteiger partial charge in [0.1, 0.15) is 18.0 Å². The van der Waals surface area contributed by atoms with Crippen LogP contribution in [0.2, 0.25) is 0 Å². The van der Waals surface area contributed by atoms with Crippen LogP contribution in [0.5, 0.6) is 0 Å². The van der Waals surface area contributed by atoms with Gasteiger partial charge in [-0.2, -0.15) is 0 Å². The molecule has 1 aromatic heterocycles. The van der Waals surface area contributed by atoms with Crippen molar-refractivity contribution in [1.29, 1.82) is 0 Å². The summed E-state index contributed by atoms with van der Waals surface area (Å²) in [6, 6.07) is 1.39. The minimum Gasteiger partial charge on any atom is -0.384 e. The summed E-state index contributed by atoms with van der Waals surface area (Å²) in [6.45, 7) is 0. The van der Waals surface area contributed by atoms with Crippen molar-refractivity contribution in [2.75, 3.05) is 10.5 Å². The van der Waals surface area contributed by atoms with Gasteiger partial charge in [-0.05, 0) is 12.8 Å². The van der Waals surface area contributed by atoms with Gasteiger partial charge in [0.15, 0.2) is 0 Å². The quantitative estimate of drug-likeness (QED) is 0.735. The Labute approximate surface area is 81.6 Å². The minimum absolute atomic E-state index is 0.226. The van der Waals surface area contributed by atoms with Gasteiger partial charge in [-0.25, -0.2) is 18.4 Å². The molecule has 1 aliphatic rings. The number of hydrogen-bond acceptors (Lipinski definition) is 5. The predicted octanol–water partition coefficient (Wildman–Crippen LogP) is -0.0371. The van der Waals surface area contributed by atoms with Gasteiger partial charge in [0.05, 0.1) is 5.25 Å². The zero-order chi connectivity index (χ0) is 10.2. The van der Waals surface area contributed by atoms with Gasteiger partial charge in [0.25, 0.3) is 0 Å². The molecule has 0 atom stereocenters. The number of anilines is 2. The Bertz CT molecular complexity index is 441. The summed E-state index contributed by atoms with van der Waals surface area (Å²) >= 11 is 0. The molecule has 1 saturated carbocycles. The van der Waals surface area contributed by atoms with Crippen LogP contribution in [0.1, 0.15) is 12.8 Å². The Kier molecular flexibility index (Phi) is 2.03. The first-order valence-electron chi connectivity index (χ1n) is 4.17. The maximum absolute atomic E-state index is 11.5. The molecule has 2 rings (SSSR count). The monoisotopic (exact) mass is 214 g/mol. The topological polar surface area (TPSA) is 98.0 Å². The number of nitrogen functional groups attached to an aromatic ring is 1. The fraction of sp³-hybridized carbons (Fsp3) is 0.429. The standard InChI is InChI=1S/C7H10N4O2S/c8-6-3-7(10-4-9-6)11-14(12,13)5-1-2-5/h3-5H,1-2H2,(H3,8,9,10,11). The van der Waals surface area contributed by atoms with E-state index in [1.165, 1.54) is 12.4 Å². The average Bonchev–Trinajstić information content (AvgIpc) is 2.84. The van der Waals surface area contributed by atoms with Crippen LogP contribution in [0, 0.1) is 0 Å². The molecule has 0 saturated heterocycles.